The van der Waals surface area contributed by atoms with Crippen molar-refractivity contribution in [3.8, 4) is 0 Å². The van der Waals surface area contributed by atoms with Gasteiger partial charge in [0.1, 0.15) is 0 Å². The minimum absolute atomic E-state index is 0. The normalized spacial score (nSPS) is 14.2. The first-order valence-corrected chi connectivity index (χ1v) is 6.01. The van der Waals surface area contributed by atoms with Crippen LogP contribution in [0.1, 0.15) is 31.7 Å². The fraction of sp³-hybridized carbons (Fsp3) is 0.400. The van der Waals surface area contributed by atoms with Crippen LogP contribution >= 0.6 is 10.9 Å². The molecule has 0 saturated heterocycles. The Morgan fingerprint density at radius 3 is 2.07 bits per heavy atom. The van der Waals surface area contributed by atoms with Crippen molar-refractivity contribution in [2.45, 2.75) is 31.1 Å². The molecule has 0 aliphatic rings. The Kier molecular flexibility index (Phi) is 6.44. The molecule has 0 aliphatic carbocycles. The monoisotopic (exact) mass is 238 g/mol. The summed E-state index contributed by atoms with van der Waals surface area (Å²) in [5.74, 6) is 0.428. The summed E-state index contributed by atoms with van der Waals surface area (Å²) >= 11 is 0. The van der Waals surface area contributed by atoms with E-state index in [2.05, 4.69) is 13.8 Å². The van der Waals surface area contributed by atoms with Crippen LogP contribution in [0.5, 0.6) is 0 Å². The van der Waals surface area contributed by atoms with Gasteiger partial charge in [-0.3, -0.25) is 0 Å². The fourth-order valence-electron chi connectivity index (χ4n) is 1.21. The molecule has 0 aliphatic heterocycles. The number of benzene rings is 1. The predicted octanol–water partition coefficient (Wildman–Crippen LogP) is 0.444. The molecule has 1 rings (SSSR count). The topological polar surface area (TPSA) is 63.5 Å². The predicted molar refractivity (Wildman–Crippen MR) is 57.0 cm³/mol. The van der Waals surface area contributed by atoms with Gasteiger partial charge < -0.3 is 13.7 Å². The average molecular weight is 238 g/mol. The summed E-state index contributed by atoms with van der Waals surface area (Å²) in [7, 11) is -3.80. The zero-order valence-electron chi connectivity index (χ0n) is 9.30. The minimum atomic E-state index is -3.80. The van der Waals surface area contributed by atoms with Gasteiger partial charge in [0.15, 0.2) is 0 Å². The molecule has 1 aromatic rings. The molecule has 1 unspecified atom stereocenters. The molecular weight excluding hydrogens is 223 g/mol. The van der Waals surface area contributed by atoms with Gasteiger partial charge in [-0.05, 0) is 30.0 Å². The van der Waals surface area contributed by atoms with Crippen LogP contribution in [-0.2, 0) is 0 Å². The molecule has 0 spiro atoms. The maximum absolute atomic E-state index is 10.9. The molecule has 0 aromatic heterocycles. The Labute approximate surface area is 114 Å². The first-order valence-electron chi connectivity index (χ1n) is 4.54. The van der Waals surface area contributed by atoms with E-state index in [1.165, 1.54) is 12.1 Å². The Hall–Kier alpha value is 0.450. The van der Waals surface area contributed by atoms with Crippen LogP contribution in [0, 0.1) is 0 Å². The molecule has 1 aromatic carbocycles. The molecule has 2 N–H and O–H groups in total. The van der Waals surface area contributed by atoms with Gasteiger partial charge in [-0.15, -0.1) is 0 Å². The third-order valence-electron chi connectivity index (χ3n) is 2.37. The molecule has 5 heteroatoms. The zero-order valence-corrected chi connectivity index (χ0v) is 12.1. The van der Waals surface area contributed by atoms with E-state index in [1.54, 1.807) is 12.1 Å². The largest absolute Gasteiger partial charge is 1.00 e. The first-order chi connectivity index (χ1) is 6.45. The van der Waals surface area contributed by atoms with Crippen molar-refractivity contribution in [3.05, 3.63) is 29.8 Å². The quantitative estimate of drug-likeness (QED) is 0.751. The molecule has 0 saturated carbocycles. The van der Waals surface area contributed by atoms with Crippen LogP contribution in [0.15, 0.2) is 29.2 Å². The van der Waals surface area contributed by atoms with Crippen LogP contribution < -0.4 is 29.6 Å². The summed E-state index contributed by atoms with van der Waals surface area (Å²) in [6.45, 7) is 4.17. The molecule has 0 heterocycles. The van der Waals surface area contributed by atoms with E-state index < -0.39 is 10.9 Å². The van der Waals surface area contributed by atoms with Crippen LogP contribution in [0.2, 0.25) is 0 Å². The molecule has 0 amide bonds. The Bertz CT molecular complexity index is 295. The second-order valence-corrected chi connectivity index (χ2v) is 4.84. The van der Waals surface area contributed by atoms with Crippen LogP contribution in [0.3, 0.4) is 0 Å². The van der Waals surface area contributed by atoms with Gasteiger partial charge in [-0.2, -0.15) is 0 Å². The van der Waals surface area contributed by atoms with Crippen molar-refractivity contribution in [2.24, 2.45) is 0 Å². The van der Waals surface area contributed by atoms with Gasteiger partial charge in [0.2, 0.25) is 0 Å². The maximum atomic E-state index is 10.9. The van der Waals surface area contributed by atoms with Gasteiger partial charge in [0.25, 0.3) is 0 Å². The number of hydrogen-bond donors (Lipinski definition) is 2. The third kappa shape index (κ3) is 4.44. The van der Waals surface area contributed by atoms with Gasteiger partial charge in [0.05, 0.1) is 0 Å². The summed E-state index contributed by atoms with van der Waals surface area (Å²) in [4.78, 5) is 0.0598. The van der Waals surface area contributed by atoms with E-state index in [4.69, 9.17) is 9.11 Å². The Morgan fingerprint density at radius 1 is 1.27 bits per heavy atom. The van der Waals surface area contributed by atoms with Gasteiger partial charge >= 0.3 is 29.6 Å². The second kappa shape index (κ2) is 6.25. The van der Waals surface area contributed by atoms with E-state index in [0.717, 1.165) is 12.0 Å². The first kappa shape index (κ1) is 15.4. The molecule has 1 atom stereocenters. The molecule has 80 valence electrons. The smallest absolute Gasteiger partial charge is 0.769 e. The summed E-state index contributed by atoms with van der Waals surface area (Å²) < 4.78 is 28.6. The standard InChI is InChI=1S/C10H16O3S.Na/c1-3-8(2)9-4-6-10(7-5-9)14(11,12)13;/h4-8,11-13H,3H2,1-2H3;/q;+1/p-1. The van der Waals surface area contributed by atoms with Crippen molar-refractivity contribution in [1.82, 2.24) is 0 Å². The van der Waals surface area contributed by atoms with E-state index in [0.29, 0.717) is 5.92 Å². The van der Waals surface area contributed by atoms with Crippen LogP contribution in [0.25, 0.3) is 0 Å². The molecular formula is C10H15NaO3S. The maximum Gasteiger partial charge on any atom is 1.00 e. The van der Waals surface area contributed by atoms with Crippen LogP contribution in [0.4, 0.5) is 0 Å². The molecule has 0 bridgehead atoms. The Morgan fingerprint density at radius 2 is 1.73 bits per heavy atom. The van der Waals surface area contributed by atoms with Crippen molar-refractivity contribution in [2.75, 3.05) is 0 Å². The minimum Gasteiger partial charge on any atom is -0.769 e. The summed E-state index contributed by atoms with van der Waals surface area (Å²) in [6.07, 6.45) is 1.02. The second-order valence-electron chi connectivity index (χ2n) is 3.37. The molecule has 0 fully saturated rings. The summed E-state index contributed by atoms with van der Waals surface area (Å²) in [5, 5.41) is 0. The van der Waals surface area contributed by atoms with E-state index in [9.17, 15) is 4.55 Å². The van der Waals surface area contributed by atoms with E-state index in [-0.39, 0.29) is 34.5 Å². The fourth-order valence-corrected chi connectivity index (χ4v) is 1.70. The third-order valence-corrected chi connectivity index (χ3v) is 3.25. The van der Waals surface area contributed by atoms with E-state index in [1.807, 2.05) is 0 Å². The molecule has 15 heavy (non-hydrogen) atoms. The molecule has 3 nitrogen and oxygen atoms in total. The average Bonchev–Trinajstić information content (AvgIpc) is 2.15. The number of rotatable bonds is 3. The van der Waals surface area contributed by atoms with E-state index >= 15 is 0 Å². The SMILES string of the molecule is CCC(C)c1ccc(S([O-])(O)O)cc1.[Na+]. The van der Waals surface area contributed by atoms with Crippen molar-refractivity contribution in [1.29, 1.82) is 0 Å². The van der Waals surface area contributed by atoms with Gasteiger partial charge in [0, 0.05) is 4.90 Å². The zero-order chi connectivity index (χ0) is 10.8. The summed E-state index contributed by atoms with van der Waals surface area (Å²) in [5.41, 5.74) is 1.11. The molecule has 0 radical (unpaired) electrons. The van der Waals surface area contributed by atoms with Crippen LogP contribution in [-0.4, -0.2) is 13.7 Å². The Balaban J connectivity index is 0.00000196. The van der Waals surface area contributed by atoms with Crippen molar-refractivity contribution in [3.63, 3.8) is 0 Å². The van der Waals surface area contributed by atoms with Gasteiger partial charge in [-0.1, -0.05) is 36.9 Å². The van der Waals surface area contributed by atoms with Crippen molar-refractivity contribution < 1.29 is 43.2 Å². The number of hydrogen-bond acceptors (Lipinski definition) is 3. The van der Waals surface area contributed by atoms with Crippen molar-refractivity contribution >= 4 is 10.9 Å². The van der Waals surface area contributed by atoms with Gasteiger partial charge in [-0.25, -0.2) is 0 Å². The summed E-state index contributed by atoms with van der Waals surface area (Å²) in [6, 6.07) is 6.53.